The van der Waals surface area contributed by atoms with Gasteiger partial charge in [0.2, 0.25) is 0 Å². The van der Waals surface area contributed by atoms with Gasteiger partial charge in [-0.15, -0.1) is 0 Å². The number of hydrogen-bond donors (Lipinski definition) is 3. The van der Waals surface area contributed by atoms with E-state index in [9.17, 15) is 9.90 Å². The van der Waals surface area contributed by atoms with Crippen LogP contribution in [0.5, 0.6) is 5.75 Å². The van der Waals surface area contributed by atoms with Crippen LogP contribution in [0.1, 0.15) is 42.5 Å². The lowest BCUT2D eigenvalue weighted by atomic mass is 9.82. The first-order valence-corrected chi connectivity index (χ1v) is 7.47. The first-order chi connectivity index (χ1) is 10.2. The van der Waals surface area contributed by atoms with Crippen LogP contribution in [0.3, 0.4) is 0 Å². The monoisotopic (exact) mass is 293 g/mol. The molecule has 1 aliphatic carbocycles. The fourth-order valence-corrected chi connectivity index (χ4v) is 2.80. The molecule has 21 heavy (non-hydrogen) atoms. The molecule has 0 unspecified atom stereocenters. The molecule has 1 aliphatic rings. The highest BCUT2D eigenvalue weighted by atomic mass is 16.5. The molecule has 0 spiro atoms. The third-order valence-electron chi connectivity index (χ3n) is 4.09. The molecule has 0 aromatic heterocycles. The molecule has 0 saturated heterocycles. The Balaban J connectivity index is 1.74. The SMILES string of the molecule is O=C(O)c1ccc(OCCNC2(CO)CCCCC2)cc1. The zero-order valence-corrected chi connectivity index (χ0v) is 12.2. The maximum atomic E-state index is 10.7. The van der Waals surface area contributed by atoms with Crippen molar-refractivity contribution in [2.45, 2.75) is 37.6 Å². The van der Waals surface area contributed by atoms with Crippen molar-refractivity contribution < 1.29 is 19.7 Å². The number of rotatable bonds is 7. The smallest absolute Gasteiger partial charge is 0.335 e. The van der Waals surface area contributed by atoms with E-state index in [4.69, 9.17) is 9.84 Å². The van der Waals surface area contributed by atoms with Crippen molar-refractivity contribution >= 4 is 5.97 Å². The quantitative estimate of drug-likeness (QED) is 0.671. The highest BCUT2D eigenvalue weighted by Gasteiger charge is 2.30. The van der Waals surface area contributed by atoms with E-state index in [0.717, 1.165) is 25.7 Å². The highest BCUT2D eigenvalue weighted by Crippen LogP contribution is 2.27. The molecular formula is C16H23NO4. The Kier molecular flexibility index (Phi) is 5.59. The van der Waals surface area contributed by atoms with E-state index in [1.54, 1.807) is 12.1 Å². The molecule has 0 heterocycles. The van der Waals surface area contributed by atoms with E-state index in [1.165, 1.54) is 18.6 Å². The molecular weight excluding hydrogens is 270 g/mol. The first-order valence-electron chi connectivity index (χ1n) is 7.47. The molecule has 3 N–H and O–H groups in total. The summed E-state index contributed by atoms with van der Waals surface area (Å²) in [6, 6.07) is 6.38. The van der Waals surface area contributed by atoms with Gasteiger partial charge in [0.25, 0.3) is 0 Å². The second-order valence-electron chi connectivity index (χ2n) is 5.60. The Bertz CT molecular complexity index is 452. The minimum atomic E-state index is -0.939. The van der Waals surface area contributed by atoms with E-state index in [0.29, 0.717) is 18.9 Å². The van der Waals surface area contributed by atoms with E-state index >= 15 is 0 Å². The van der Waals surface area contributed by atoms with Crippen molar-refractivity contribution in [2.24, 2.45) is 0 Å². The van der Waals surface area contributed by atoms with E-state index < -0.39 is 5.97 Å². The summed E-state index contributed by atoms with van der Waals surface area (Å²) in [5.41, 5.74) is 0.108. The van der Waals surface area contributed by atoms with Gasteiger partial charge in [-0.1, -0.05) is 19.3 Å². The standard InChI is InChI=1S/C16H23NO4/c18-12-16(8-2-1-3-9-16)17-10-11-21-14-6-4-13(5-7-14)15(19)20/h4-7,17-18H,1-3,8-12H2,(H,19,20). The normalized spacial score (nSPS) is 17.4. The summed E-state index contributed by atoms with van der Waals surface area (Å²) in [6.07, 6.45) is 5.58. The molecule has 116 valence electrons. The van der Waals surface area contributed by atoms with E-state index in [1.807, 2.05) is 0 Å². The molecule has 0 atom stereocenters. The van der Waals surface area contributed by atoms with Crippen molar-refractivity contribution in [3.05, 3.63) is 29.8 Å². The molecule has 0 aliphatic heterocycles. The fraction of sp³-hybridized carbons (Fsp3) is 0.562. The maximum absolute atomic E-state index is 10.7. The van der Waals surface area contributed by atoms with Gasteiger partial charge in [0.15, 0.2) is 0 Å². The summed E-state index contributed by atoms with van der Waals surface area (Å²) in [5.74, 6) is -0.283. The number of hydrogen-bond acceptors (Lipinski definition) is 4. The van der Waals surface area contributed by atoms with Crippen LogP contribution < -0.4 is 10.1 Å². The number of aliphatic hydroxyl groups is 1. The topological polar surface area (TPSA) is 78.8 Å². The number of nitrogens with one attached hydrogen (secondary N) is 1. The number of benzene rings is 1. The predicted octanol–water partition coefficient (Wildman–Crippen LogP) is 2.05. The third kappa shape index (κ3) is 4.44. The van der Waals surface area contributed by atoms with Gasteiger partial charge in [-0.05, 0) is 37.1 Å². The lowest BCUT2D eigenvalue weighted by Gasteiger charge is -2.36. The summed E-state index contributed by atoms with van der Waals surface area (Å²) in [6.45, 7) is 1.33. The molecule has 1 saturated carbocycles. The van der Waals surface area contributed by atoms with Gasteiger partial charge in [0.1, 0.15) is 12.4 Å². The maximum Gasteiger partial charge on any atom is 0.335 e. The van der Waals surface area contributed by atoms with Crippen LogP contribution in [0.2, 0.25) is 0 Å². The summed E-state index contributed by atoms with van der Waals surface area (Å²) in [4.78, 5) is 10.7. The van der Waals surface area contributed by atoms with Gasteiger partial charge in [0.05, 0.1) is 12.2 Å². The molecule has 0 bridgehead atoms. The Morgan fingerprint density at radius 3 is 2.43 bits per heavy atom. The van der Waals surface area contributed by atoms with Gasteiger partial charge in [-0.3, -0.25) is 0 Å². The summed E-state index contributed by atoms with van der Waals surface area (Å²) < 4.78 is 5.58. The molecule has 0 amide bonds. The van der Waals surface area contributed by atoms with Crippen LogP contribution in [-0.4, -0.2) is 41.5 Å². The Morgan fingerprint density at radius 2 is 1.86 bits per heavy atom. The number of aliphatic hydroxyl groups excluding tert-OH is 1. The van der Waals surface area contributed by atoms with Crippen LogP contribution in [0.4, 0.5) is 0 Å². The predicted molar refractivity (Wildman–Crippen MR) is 79.8 cm³/mol. The molecule has 1 aromatic rings. The van der Waals surface area contributed by atoms with Gasteiger partial charge in [0, 0.05) is 12.1 Å². The van der Waals surface area contributed by atoms with Crippen molar-refractivity contribution in [3.8, 4) is 5.75 Å². The Morgan fingerprint density at radius 1 is 1.19 bits per heavy atom. The van der Waals surface area contributed by atoms with Crippen LogP contribution in [0.15, 0.2) is 24.3 Å². The van der Waals surface area contributed by atoms with Crippen molar-refractivity contribution in [3.63, 3.8) is 0 Å². The highest BCUT2D eigenvalue weighted by molar-refractivity contribution is 5.87. The van der Waals surface area contributed by atoms with Gasteiger partial charge in [-0.2, -0.15) is 0 Å². The average molecular weight is 293 g/mol. The van der Waals surface area contributed by atoms with Gasteiger partial charge in [-0.25, -0.2) is 4.79 Å². The fourth-order valence-electron chi connectivity index (χ4n) is 2.80. The van der Waals surface area contributed by atoms with E-state index in [-0.39, 0.29) is 17.7 Å². The zero-order chi connectivity index (χ0) is 15.1. The minimum Gasteiger partial charge on any atom is -0.492 e. The van der Waals surface area contributed by atoms with Crippen molar-refractivity contribution in [2.75, 3.05) is 19.8 Å². The summed E-state index contributed by atoms with van der Waals surface area (Å²) in [7, 11) is 0. The summed E-state index contributed by atoms with van der Waals surface area (Å²) >= 11 is 0. The molecule has 0 radical (unpaired) electrons. The van der Waals surface area contributed by atoms with Crippen molar-refractivity contribution in [1.29, 1.82) is 0 Å². The lowest BCUT2D eigenvalue weighted by molar-refractivity contribution is 0.0697. The largest absolute Gasteiger partial charge is 0.492 e. The van der Waals surface area contributed by atoms with Gasteiger partial charge < -0.3 is 20.3 Å². The number of carboxylic acid groups (broad SMARTS) is 1. The molecule has 5 heteroatoms. The first kappa shape index (κ1) is 15.8. The Hall–Kier alpha value is -1.59. The minimum absolute atomic E-state index is 0.144. The second kappa shape index (κ2) is 7.43. The number of carboxylic acids is 1. The zero-order valence-electron chi connectivity index (χ0n) is 12.2. The molecule has 1 fully saturated rings. The lowest BCUT2D eigenvalue weighted by Crippen LogP contribution is -2.51. The van der Waals surface area contributed by atoms with Crippen LogP contribution >= 0.6 is 0 Å². The molecule has 2 rings (SSSR count). The van der Waals surface area contributed by atoms with E-state index in [2.05, 4.69) is 5.32 Å². The third-order valence-corrected chi connectivity index (χ3v) is 4.09. The second-order valence-corrected chi connectivity index (χ2v) is 5.60. The van der Waals surface area contributed by atoms with Crippen LogP contribution in [0.25, 0.3) is 0 Å². The average Bonchev–Trinajstić information content (AvgIpc) is 2.53. The molecule has 1 aromatic carbocycles. The van der Waals surface area contributed by atoms with Crippen molar-refractivity contribution in [1.82, 2.24) is 5.32 Å². The number of ether oxygens (including phenoxy) is 1. The van der Waals surface area contributed by atoms with Gasteiger partial charge >= 0.3 is 5.97 Å². The number of carbonyl (C=O) groups is 1. The molecule has 5 nitrogen and oxygen atoms in total. The van der Waals surface area contributed by atoms with Crippen LogP contribution in [0, 0.1) is 0 Å². The van der Waals surface area contributed by atoms with Crippen LogP contribution in [-0.2, 0) is 0 Å². The Labute approximate surface area is 124 Å². The number of aromatic carboxylic acids is 1. The summed E-state index contributed by atoms with van der Waals surface area (Å²) in [5, 5.41) is 21.8.